The van der Waals surface area contributed by atoms with Crippen molar-refractivity contribution in [1.29, 1.82) is 0 Å². The molecule has 1 fully saturated rings. The lowest BCUT2D eigenvalue weighted by Gasteiger charge is -2.20. The fourth-order valence-corrected chi connectivity index (χ4v) is 3.31. The first-order valence-corrected chi connectivity index (χ1v) is 7.40. The van der Waals surface area contributed by atoms with Crippen LogP contribution in [0.4, 0.5) is 4.39 Å². The lowest BCUT2D eigenvalue weighted by molar-refractivity contribution is 0.409. The molecule has 0 radical (unpaired) electrons. The second kappa shape index (κ2) is 5.30. The number of likely N-dealkylation sites (N-methyl/N-ethyl adjacent to an activating group) is 1. The Labute approximate surface area is 117 Å². The number of hydrogen-bond acceptors (Lipinski definition) is 1. The highest BCUT2D eigenvalue weighted by Crippen LogP contribution is 2.54. The van der Waals surface area contributed by atoms with Gasteiger partial charge in [-0.3, -0.25) is 0 Å². The Balaban J connectivity index is 2.09. The summed E-state index contributed by atoms with van der Waals surface area (Å²) in [6.45, 7) is 7.71. The minimum Gasteiger partial charge on any atom is -0.314 e. The average Bonchev–Trinajstić information content (AvgIpc) is 2.85. The van der Waals surface area contributed by atoms with E-state index in [-0.39, 0.29) is 5.82 Å². The molecule has 1 N–H and O–H groups in total. The summed E-state index contributed by atoms with van der Waals surface area (Å²) in [6.07, 6.45) is 2.17. The fraction of sp³-hybridized carbons (Fsp3) is 0.600. The molecule has 1 aromatic rings. The average molecular weight is 314 g/mol. The predicted molar refractivity (Wildman–Crippen MR) is 77.2 cm³/mol. The van der Waals surface area contributed by atoms with Gasteiger partial charge in [0, 0.05) is 10.5 Å². The van der Waals surface area contributed by atoms with Gasteiger partial charge in [-0.25, -0.2) is 4.39 Å². The van der Waals surface area contributed by atoms with Crippen molar-refractivity contribution in [3.63, 3.8) is 0 Å². The van der Waals surface area contributed by atoms with Crippen molar-refractivity contribution in [2.75, 3.05) is 6.54 Å². The molecule has 2 atom stereocenters. The fourth-order valence-electron chi connectivity index (χ4n) is 2.80. The standard InChI is InChI=1S/C15H21BrFN/c1-4-18-14(13-9-15(13,2)3)7-10-5-11(16)8-12(17)6-10/h5-6,8,13-14,18H,4,7,9H2,1-3H3. The molecule has 0 saturated heterocycles. The van der Waals surface area contributed by atoms with Crippen molar-refractivity contribution >= 4 is 15.9 Å². The summed E-state index contributed by atoms with van der Waals surface area (Å²) in [4.78, 5) is 0. The third kappa shape index (κ3) is 3.33. The Bertz CT molecular complexity index is 410. The molecule has 0 aromatic heterocycles. The van der Waals surface area contributed by atoms with Crippen molar-refractivity contribution < 1.29 is 4.39 Å². The zero-order valence-electron chi connectivity index (χ0n) is 11.3. The molecule has 1 nitrogen and oxygen atoms in total. The highest BCUT2D eigenvalue weighted by Gasteiger charge is 2.49. The van der Waals surface area contributed by atoms with Gasteiger partial charge in [0.15, 0.2) is 0 Å². The highest BCUT2D eigenvalue weighted by atomic mass is 79.9. The number of nitrogens with one attached hydrogen (secondary N) is 1. The Morgan fingerprint density at radius 3 is 2.61 bits per heavy atom. The molecule has 1 aliphatic rings. The molecule has 1 aliphatic carbocycles. The number of benzene rings is 1. The van der Waals surface area contributed by atoms with E-state index < -0.39 is 0 Å². The number of rotatable bonds is 5. The monoisotopic (exact) mass is 313 g/mol. The normalized spacial score (nSPS) is 22.8. The minimum absolute atomic E-state index is 0.162. The van der Waals surface area contributed by atoms with E-state index >= 15 is 0 Å². The van der Waals surface area contributed by atoms with Gasteiger partial charge in [0.1, 0.15) is 5.82 Å². The van der Waals surface area contributed by atoms with Crippen molar-refractivity contribution in [3.8, 4) is 0 Å². The van der Waals surface area contributed by atoms with Gasteiger partial charge in [-0.2, -0.15) is 0 Å². The van der Waals surface area contributed by atoms with Crippen LogP contribution in [0, 0.1) is 17.2 Å². The Hall–Kier alpha value is -0.410. The molecule has 3 heteroatoms. The molecule has 18 heavy (non-hydrogen) atoms. The molecule has 1 aromatic carbocycles. The summed E-state index contributed by atoms with van der Waals surface area (Å²) in [6, 6.07) is 5.62. The Morgan fingerprint density at radius 2 is 2.11 bits per heavy atom. The topological polar surface area (TPSA) is 12.0 Å². The second-order valence-corrected chi connectivity index (χ2v) is 6.86. The lowest BCUT2D eigenvalue weighted by Crippen LogP contribution is -2.34. The molecular weight excluding hydrogens is 293 g/mol. The van der Waals surface area contributed by atoms with E-state index in [0.717, 1.165) is 23.0 Å². The molecule has 100 valence electrons. The maximum absolute atomic E-state index is 13.4. The summed E-state index contributed by atoms with van der Waals surface area (Å²) in [5.41, 5.74) is 1.51. The predicted octanol–water partition coefficient (Wildman–Crippen LogP) is 4.15. The summed E-state index contributed by atoms with van der Waals surface area (Å²) < 4.78 is 14.2. The SMILES string of the molecule is CCNC(Cc1cc(F)cc(Br)c1)C1CC1(C)C. The van der Waals surface area contributed by atoms with Gasteiger partial charge in [0.05, 0.1) is 0 Å². The molecule has 0 spiro atoms. The van der Waals surface area contributed by atoms with Crippen molar-refractivity contribution in [2.45, 2.75) is 39.7 Å². The molecule has 2 unspecified atom stereocenters. The van der Waals surface area contributed by atoms with Crippen molar-refractivity contribution in [1.82, 2.24) is 5.32 Å². The van der Waals surface area contributed by atoms with E-state index in [1.54, 1.807) is 6.07 Å². The van der Waals surface area contributed by atoms with Crippen LogP contribution in [0.25, 0.3) is 0 Å². The van der Waals surface area contributed by atoms with Crippen molar-refractivity contribution in [2.24, 2.45) is 11.3 Å². The van der Waals surface area contributed by atoms with E-state index in [9.17, 15) is 4.39 Å². The van der Waals surface area contributed by atoms with Gasteiger partial charge in [-0.1, -0.05) is 36.7 Å². The highest BCUT2D eigenvalue weighted by molar-refractivity contribution is 9.10. The Morgan fingerprint density at radius 1 is 1.44 bits per heavy atom. The van der Waals surface area contributed by atoms with Gasteiger partial charge in [0.2, 0.25) is 0 Å². The first-order chi connectivity index (χ1) is 8.42. The largest absolute Gasteiger partial charge is 0.314 e. The summed E-state index contributed by atoms with van der Waals surface area (Å²) in [7, 11) is 0. The van der Waals surface area contributed by atoms with Gasteiger partial charge in [0.25, 0.3) is 0 Å². The zero-order chi connectivity index (χ0) is 13.3. The van der Waals surface area contributed by atoms with E-state index in [4.69, 9.17) is 0 Å². The van der Waals surface area contributed by atoms with Crippen LogP contribution in [-0.2, 0) is 6.42 Å². The lowest BCUT2D eigenvalue weighted by atomic mass is 9.97. The van der Waals surface area contributed by atoms with E-state index in [1.807, 2.05) is 6.07 Å². The van der Waals surface area contributed by atoms with E-state index in [2.05, 4.69) is 42.0 Å². The molecule has 2 rings (SSSR count). The smallest absolute Gasteiger partial charge is 0.124 e. The Kier molecular flexibility index (Phi) is 4.12. The molecule has 0 heterocycles. The van der Waals surface area contributed by atoms with Crippen LogP contribution in [0.3, 0.4) is 0 Å². The van der Waals surface area contributed by atoms with Gasteiger partial charge in [-0.05, 0) is 54.5 Å². The number of halogens is 2. The third-order valence-corrected chi connectivity index (χ3v) is 4.38. The maximum atomic E-state index is 13.4. The maximum Gasteiger partial charge on any atom is 0.124 e. The molecular formula is C15H21BrFN. The van der Waals surface area contributed by atoms with Gasteiger partial charge >= 0.3 is 0 Å². The van der Waals surface area contributed by atoms with Crippen LogP contribution in [0.5, 0.6) is 0 Å². The van der Waals surface area contributed by atoms with Crippen LogP contribution >= 0.6 is 15.9 Å². The van der Waals surface area contributed by atoms with Crippen molar-refractivity contribution in [3.05, 3.63) is 34.1 Å². The number of hydrogen-bond donors (Lipinski definition) is 1. The first kappa shape index (κ1) is 14.0. The summed E-state index contributed by atoms with van der Waals surface area (Å²) >= 11 is 3.36. The second-order valence-electron chi connectivity index (χ2n) is 5.95. The first-order valence-electron chi connectivity index (χ1n) is 6.60. The zero-order valence-corrected chi connectivity index (χ0v) is 12.8. The van der Waals surface area contributed by atoms with Gasteiger partial charge < -0.3 is 5.32 Å². The summed E-state index contributed by atoms with van der Waals surface area (Å²) in [5, 5.41) is 3.55. The van der Waals surface area contributed by atoms with Crippen LogP contribution < -0.4 is 5.32 Å². The molecule has 0 amide bonds. The molecule has 1 saturated carbocycles. The quantitative estimate of drug-likeness (QED) is 0.861. The van der Waals surface area contributed by atoms with Crippen LogP contribution in [0.2, 0.25) is 0 Å². The van der Waals surface area contributed by atoms with Crippen LogP contribution in [0.1, 0.15) is 32.8 Å². The van der Waals surface area contributed by atoms with Gasteiger partial charge in [-0.15, -0.1) is 0 Å². The van der Waals surface area contributed by atoms with Crippen LogP contribution in [0.15, 0.2) is 22.7 Å². The molecule has 0 bridgehead atoms. The molecule has 0 aliphatic heterocycles. The van der Waals surface area contributed by atoms with E-state index in [1.165, 1.54) is 12.5 Å². The summed E-state index contributed by atoms with van der Waals surface area (Å²) in [5.74, 6) is 0.546. The third-order valence-electron chi connectivity index (χ3n) is 3.92. The van der Waals surface area contributed by atoms with Crippen LogP contribution in [-0.4, -0.2) is 12.6 Å². The van der Waals surface area contributed by atoms with E-state index in [0.29, 0.717) is 17.4 Å². The minimum atomic E-state index is -0.162.